The number of rotatable bonds is 5. The number of nitrogens with one attached hydrogen (secondary N) is 1. The van der Waals surface area contributed by atoms with Gasteiger partial charge in [0.15, 0.2) is 0 Å². The highest BCUT2D eigenvalue weighted by Gasteiger charge is 2.29. The first-order valence-corrected chi connectivity index (χ1v) is 8.43. The van der Waals surface area contributed by atoms with Crippen LogP contribution in [0.15, 0.2) is 12.4 Å². The number of aryl methyl sites for hydroxylation is 1. The van der Waals surface area contributed by atoms with Crippen LogP contribution >= 0.6 is 0 Å². The first-order chi connectivity index (χ1) is 11.6. The Bertz CT molecular complexity index is 708. The van der Waals surface area contributed by atoms with Gasteiger partial charge in [0.05, 0.1) is 13.2 Å². The van der Waals surface area contributed by atoms with Crippen molar-refractivity contribution in [1.29, 1.82) is 0 Å². The number of hydrogen-bond donors (Lipinski definition) is 1. The minimum absolute atomic E-state index is 0.0939. The summed E-state index contributed by atoms with van der Waals surface area (Å²) in [4.78, 5) is 23.4. The minimum Gasteiger partial charge on any atom is -0.378 e. The van der Waals surface area contributed by atoms with Gasteiger partial charge in [0.2, 0.25) is 5.91 Å². The Kier molecular flexibility index (Phi) is 4.94. The quantitative estimate of drug-likeness (QED) is 0.879. The molecule has 8 nitrogen and oxygen atoms in total. The van der Waals surface area contributed by atoms with Gasteiger partial charge in [-0.25, -0.2) is 4.98 Å². The van der Waals surface area contributed by atoms with Gasteiger partial charge in [0.1, 0.15) is 18.2 Å². The maximum Gasteiger partial charge on any atom is 0.254 e. The van der Waals surface area contributed by atoms with Crippen molar-refractivity contribution in [3.05, 3.63) is 18.1 Å². The number of carbonyl (C=O) groups is 1. The highest BCUT2D eigenvalue weighted by atomic mass is 16.5. The van der Waals surface area contributed by atoms with Crippen LogP contribution in [0.2, 0.25) is 0 Å². The number of hydrogen-bond acceptors (Lipinski definition) is 6. The van der Waals surface area contributed by atoms with Gasteiger partial charge < -0.3 is 15.0 Å². The molecule has 1 saturated heterocycles. The number of aromatic nitrogens is 4. The van der Waals surface area contributed by atoms with Crippen LogP contribution in [0.25, 0.3) is 5.78 Å². The van der Waals surface area contributed by atoms with Crippen molar-refractivity contribution in [1.82, 2.24) is 24.5 Å². The van der Waals surface area contributed by atoms with Crippen molar-refractivity contribution in [3.8, 4) is 0 Å². The second-order valence-corrected chi connectivity index (χ2v) is 6.26. The predicted molar refractivity (Wildman–Crippen MR) is 89.8 cm³/mol. The molecule has 0 saturated carbocycles. The molecule has 2 aromatic rings. The predicted octanol–water partition coefficient (Wildman–Crippen LogP) is 0.982. The van der Waals surface area contributed by atoms with Crippen LogP contribution in [0, 0.1) is 5.92 Å². The van der Waals surface area contributed by atoms with Crippen molar-refractivity contribution < 1.29 is 9.53 Å². The summed E-state index contributed by atoms with van der Waals surface area (Å²) < 4.78 is 6.98. The van der Waals surface area contributed by atoms with Gasteiger partial charge in [-0.05, 0) is 12.3 Å². The van der Waals surface area contributed by atoms with Crippen molar-refractivity contribution in [2.45, 2.75) is 33.2 Å². The largest absolute Gasteiger partial charge is 0.378 e. The molecule has 3 heterocycles. The number of ether oxygens (including phenoxy) is 1. The lowest BCUT2D eigenvalue weighted by atomic mass is 10.0. The fourth-order valence-electron chi connectivity index (χ4n) is 2.80. The maximum absolute atomic E-state index is 12.9. The highest BCUT2D eigenvalue weighted by Crippen LogP contribution is 2.17. The number of carbonyl (C=O) groups excluding carboxylic acids is 1. The van der Waals surface area contributed by atoms with E-state index in [9.17, 15) is 4.79 Å². The SMILES string of the molecule is CCc1cc(NC(C(=O)N2CCOCC2)C(C)C)n2ncnc2n1. The van der Waals surface area contributed by atoms with Gasteiger partial charge in [0.25, 0.3) is 5.78 Å². The molecule has 130 valence electrons. The zero-order valence-corrected chi connectivity index (χ0v) is 14.4. The zero-order chi connectivity index (χ0) is 17.1. The van der Waals surface area contributed by atoms with Gasteiger partial charge in [0, 0.05) is 24.8 Å². The third-order valence-corrected chi connectivity index (χ3v) is 4.23. The van der Waals surface area contributed by atoms with Crippen LogP contribution in [0.1, 0.15) is 26.5 Å². The second-order valence-electron chi connectivity index (χ2n) is 6.26. The summed E-state index contributed by atoms with van der Waals surface area (Å²) in [6.07, 6.45) is 2.27. The number of morpholine rings is 1. The number of amides is 1. The monoisotopic (exact) mass is 332 g/mol. The van der Waals surface area contributed by atoms with E-state index in [1.165, 1.54) is 6.33 Å². The molecule has 0 aliphatic carbocycles. The normalized spacial score (nSPS) is 16.6. The van der Waals surface area contributed by atoms with E-state index in [4.69, 9.17) is 4.74 Å². The Labute approximate surface area is 141 Å². The maximum atomic E-state index is 12.9. The smallest absolute Gasteiger partial charge is 0.254 e. The molecule has 1 aliphatic heterocycles. The molecule has 1 unspecified atom stereocenters. The first kappa shape index (κ1) is 16.6. The van der Waals surface area contributed by atoms with Crippen LogP contribution in [-0.2, 0) is 16.0 Å². The minimum atomic E-state index is -0.331. The van der Waals surface area contributed by atoms with Crippen LogP contribution in [0.5, 0.6) is 0 Å². The lowest BCUT2D eigenvalue weighted by Gasteiger charge is -2.32. The van der Waals surface area contributed by atoms with E-state index < -0.39 is 0 Å². The third-order valence-electron chi connectivity index (χ3n) is 4.23. The Morgan fingerprint density at radius 3 is 2.79 bits per heavy atom. The topological polar surface area (TPSA) is 84.7 Å². The fraction of sp³-hybridized carbons (Fsp3) is 0.625. The van der Waals surface area contributed by atoms with E-state index in [1.54, 1.807) is 4.52 Å². The molecular weight excluding hydrogens is 308 g/mol. The van der Waals surface area contributed by atoms with Crippen molar-refractivity contribution in [2.75, 3.05) is 31.6 Å². The Balaban J connectivity index is 1.88. The summed E-state index contributed by atoms with van der Waals surface area (Å²) in [6.45, 7) is 8.58. The molecule has 0 radical (unpaired) electrons. The number of fused-ring (bicyclic) bond motifs is 1. The lowest BCUT2D eigenvalue weighted by molar-refractivity contribution is -0.137. The molecule has 2 aromatic heterocycles. The second kappa shape index (κ2) is 7.12. The van der Waals surface area contributed by atoms with Crippen molar-refractivity contribution >= 4 is 17.5 Å². The highest BCUT2D eigenvalue weighted by molar-refractivity contribution is 5.85. The van der Waals surface area contributed by atoms with E-state index >= 15 is 0 Å². The summed E-state index contributed by atoms with van der Waals surface area (Å²) in [5, 5.41) is 7.58. The summed E-state index contributed by atoms with van der Waals surface area (Å²) in [6, 6.07) is 1.60. The van der Waals surface area contributed by atoms with E-state index in [0.29, 0.717) is 32.1 Å². The van der Waals surface area contributed by atoms with Crippen molar-refractivity contribution in [2.24, 2.45) is 5.92 Å². The molecule has 0 spiro atoms. The number of nitrogens with zero attached hydrogens (tertiary/aromatic N) is 5. The zero-order valence-electron chi connectivity index (χ0n) is 14.4. The molecule has 1 atom stereocenters. The Morgan fingerprint density at radius 2 is 2.12 bits per heavy atom. The van der Waals surface area contributed by atoms with Crippen LogP contribution in [0.4, 0.5) is 5.82 Å². The van der Waals surface area contributed by atoms with E-state index in [1.807, 2.05) is 31.7 Å². The molecule has 8 heteroatoms. The van der Waals surface area contributed by atoms with Gasteiger partial charge >= 0.3 is 0 Å². The summed E-state index contributed by atoms with van der Waals surface area (Å²) in [5.74, 6) is 1.52. The van der Waals surface area contributed by atoms with E-state index in [0.717, 1.165) is 17.9 Å². The molecular formula is C16H24N6O2. The average Bonchev–Trinajstić information content (AvgIpc) is 3.08. The third kappa shape index (κ3) is 3.33. The summed E-state index contributed by atoms with van der Waals surface area (Å²) in [7, 11) is 0. The molecule has 0 bridgehead atoms. The van der Waals surface area contributed by atoms with Crippen molar-refractivity contribution in [3.63, 3.8) is 0 Å². The Morgan fingerprint density at radius 1 is 1.38 bits per heavy atom. The molecule has 1 fully saturated rings. The lowest BCUT2D eigenvalue weighted by Crippen LogP contribution is -2.50. The van der Waals surface area contributed by atoms with Gasteiger partial charge in [-0.15, -0.1) is 0 Å². The Hall–Kier alpha value is -2.22. The molecule has 1 amide bonds. The van der Waals surface area contributed by atoms with Crippen LogP contribution < -0.4 is 5.32 Å². The molecule has 3 rings (SSSR count). The standard InChI is InChI=1S/C16H24N6O2/c1-4-12-9-13(22-16(19-12)17-10-18-22)20-14(11(2)3)15(23)21-5-7-24-8-6-21/h9-11,14,20H,4-8H2,1-3H3. The van der Waals surface area contributed by atoms with Crippen LogP contribution in [0.3, 0.4) is 0 Å². The van der Waals surface area contributed by atoms with E-state index in [-0.39, 0.29) is 17.9 Å². The van der Waals surface area contributed by atoms with Gasteiger partial charge in [-0.2, -0.15) is 14.6 Å². The van der Waals surface area contributed by atoms with E-state index in [2.05, 4.69) is 20.4 Å². The summed E-state index contributed by atoms with van der Waals surface area (Å²) in [5.41, 5.74) is 0.916. The first-order valence-electron chi connectivity index (χ1n) is 8.43. The number of anilines is 1. The fourth-order valence-corrected chi connectivity index (χ4v) is 2.80. The molecule has 1 N–H and O–H groups in total. The average molecular weight is 332 g/mol. The van der Waals surface area contributed by atoms with Gasteiger partial charge in [-0.3, -0.25) is 4.79 Å². The molecule has 0 aromatic carbocycles. The van der Waals surface area contributed by atoms with Gasteiger partial charge in [-0.1, -0.05) is 20.8 Å². The molecule has 1 aliphatic rings. The summed E-state index contributed by atoms with van der Waals surface area (Å²) >= 11 is 0. The molecule has 24 heavy (non-hydrogen) atoms. The van der Waals surface area contributed by atoms with Crippen LogP contribution in [-0.4, -0.2) is 62.7 Å².